The zero-order valence-electron chi connectivity index (χ0n) is 12.0. The van der Waals surface area contributed by atoms with Gasteiger partial charge < -0.3 is 15.4 Å². The quantitative estimate of drug-likeness (QED) is 0.800. The SMILES string of the molecule is CN1CCC(Oc2ccc(CCCCN)cc2)CC1. The molecule has 0 unspecified atom stereocenters. The highest BCUT2D eigenvalue weighted by Crippen LogP contribution is 2.19. The zero-order chi connectivity index (χ0) is 13.5. The Kier molecular flexibility index (Phi) is 5.67. The van der Waals surface area contributed by atoms with Crippen LogP contribution in [0.2, 0.25) is 0 Å². The Hall–Kier alpha value is -1.06. The first-order chi connectivity index (χ1) is 9.28. The van der Waals surface area contributed by atoms with Crippen LogP contribution < -0.4 is 10.5 Å². The Balaban J connectivity index is 1.78. The van der Waals surface area contributed by atoms with E-state index in [0.717, 1.165) is 51.1 Å². The second-order valence-corrected chi connectivity index (χ2v) is 5.51. The summed E-state index contributed by atoms with van der Waals surface area (Å²) in [5.41, 5.74) is 6.89. The summed E-state index contributed by atoms with van der Waals surface area (Å²) in [6.45, 7) is 3.07. The Labute approximate surface area is 116 Å². The summed E-state index contributed by atoms with van der Waals surface area (Å²) < 4.78 is 6.04. The van der Waals surface area contributed by atoms with Gasteiger partial charge in [0, 0.05) is 13.1 Å². The minimum atomic E-state index is 0.388. The van der Waals surface area contributed by atoms with Crippen molar-refractivity contribution in [2.24, 2.45) is 5.73 Å². The van der Waals surface area contributed by atoms with E-state index in [0.29, 0.717) is 6.10 Å². The van der Waals surface area contributed by atoms with E-state index < -0.39 is 0 Å². The van der Waals surface area contributed by atoms with Crippen molar-refractivity contribution in [1.82, 2.24) is 4.90 Å². The molecule has 0 aromatic heterocycles. The van der Waals surface area contributed by atoms with Crippen molar-refractivity contribution in [3.63, 3.8) is 0 Å². The summed E-state index contributed by atoms with van der Waals surface area (Å²) in [6, 6.07) is 8.58. The van der Waals surface area contributed by atoms with Crippen LogP contribution in [0.4, 0.5) is 0 Å². The molecule has 1 saturated heterocycles. The zero-order valence-corrected chi connectivity index (χ0v) is 12.0. The number of nitrogens with two attached hydrogens (primary N) is 1. The maximum absolute atomic E-state index is 6.04. The van der Waals surface area contributed by atoms with Gasteiger partial charge in [0.25, 0.3) is 0 Å². The number of hydrogen-bond acceptors (Lipinski definition) is 3. The summed E-state index contributed by atoms with van der Waals surface area (Å²) in [5.74, 6) is 1.01. The summed E-state index contributed by atoms with van der Waals surface area (Å²) in [5, 5.41) is 0. The fourth-order valence-corrected chi connectivity index (χ4v) is 2.50. The summed E-state index contributed by atoms with van der Waals surface area (Å²) >= 11 is 0. The molecule has 1 aliphatic rings. The lowest BCUT2D eigenvalue weighted by Crippen LogP contribution is -2.35. The summed E-state index contributed by atoms with van der Waals surface area (Å²) in [7, 11) is 2.17. The molecule has 0 bridgehead atoms. The lowest BCUT2D eigenvalue weighted by atomic mass is 10.1. The fraction of sp³-hybridized carbons (Fsp3) is 0.625. The number of benzene rings is 1. The molecule has 3 nitrogen and oxygen atoms in total. The lowest BCUT2D eigenvalue weighted by Gasteiger charge is -2.29. The molecule has 0 spiro atoms. The number of aryl methyl sites for hydroxylation is 1. The highest BCUT2D eigenvalue weighted by Gasteiger charge is 2.17. The van der Waals surface area contributed by atoms with Gasteiger partial charge in [-0.05, 0) is 63.4 Å². The van der Waals surface area contributed by atoms with E-state index in [1.807, 2.05) is 0 Å². The van der Waals surface area contributed by atoms with Crippen LogP contribution in [-0.2, 0) is 6.42 Å². The number of rotatable bonds is 6. The van der Waals surface area contributed by atoms with Gasteiger partial charge in [0.1, 0.15) is 11.9 Å². The molecule has 3 heteroatoms. The molecule has 0 radical (unpaired) electrons. The number of ether oxygens (including phenoxy) is 1. The van der Waals surface area contributed by atoms with Gasteiger partial charge in [-0.1, -0.05) is 12.1 Å². The minimum Gasteiger partial charge on any atom is -0.490 e. The molecule has 1 aromatic carbocycles. The van der Waals surface area contributed by atoms with Crippen LogP contribution in [0.25, 0.3) is 0 Å². The number of nitrogens with zero attached hydrogens (tertiary/aromatic N) is 1. The van der Waals surface area contributed by atoms with Gasteiger partial charge >= 0.3 is 0 Å². The summed E-state index contributed by atoms with van der Waals surface area (Å²) in [4.78, 5) is 2.36. The van der Waals surface area contributed by atoms with Crippen LogP contribution in [0.5, 0.6) is 5.75 Å². The van der Waals surface area contributed by atoms with E-state index in [2.05, 4.69) is 36.2 Å². The molecule has 2 rings (SSSR count). The van der Waals surface area contributed by atoms with Gasteiger partial charge in [0.05, 0.1) is 0 Å². The van der Waals surface area contributed by atoms with E-state index in [-0.39, 0.29) is 0 Å². The van der Waals surface area contributed by atoms with Crippen LogP contribution in [0, 0.1) is 0 Å². The van der Waals surface area contributed by atoms with E-state index in [1.54, 1.807) is 0 Å². The number of likely N-dealkylation sites (tertiary alicyclic amines) is 1. The van der Waals surface area contributed by atoms with Gasteiger partial charge in [0.2, 0.25) is 0 Å². The van der Waals surface area contributed by atoms with Gasteiger partial charge in [-0.25, -0.2) is 0 Å². The van der Waals surface area contributed by atoms with Crippen molar-refractivity contribution in [3.8, 4) is 5.75 Å². The predicted octanol–water partition coefficient (Wildman–Crippen LogP) is 2.44. The van der Waals surface area contributed by atoms with Crippen LogP contribution in [0.3, 0.4) is 0 Å². The summed E-state index contributed by atoms with van der Waals surface area (Å²) in [6.07, 6.45) is 6.05. The van der Waals surface area contributed by atoms with Gasteiger partial charge in [-0.15, -0.1) is 0 Å². The van der Waals surface area contributed by atoms with Crippen molar-refractivity contribution in [2.75, 3.05) is 26.7 Å². The second kappa shape index (κ2) is 7.51. The topological polar surface area (TPSA) is 38.5 Å². The standard InChI is InChI=1S/C16H26N2O/c1-18-12-9-16(10-13-18)19-15-7-5-14(6-8-15)4-2-3-11-17/h5-8,16H,2-4,9-13,17H2,1H3. The second-order valence-electron chi connectivity index (χ2n) is 5.51. The van der Waals surface area contributed by atoms with E-state index in [9.17, 15) is 0 Å². The maximum atomic E-state index is 6.04. The first kappa shape index (κ1) is 14.4. The highest BCUT2D eigenvalue weighted by molar-refractivity contribution is 5.27. The van der Waals surface area contributed by atoms with Crippen molar-refractivity contribution >= 4 is 0 Å². The molecular weight excluding hydrogens is 236 g/mol. The molecule has 1 aliphatic heterocycles. The fourth-order valence-electron chi connectivity index (χ4n) is 2.50. The Morgan fingerprint density at radius 1 is 1.16 bits per heavy atom. The van der Waals surface area contributed by atoms with Gasteiger partial charge in [-0.2, -0.15) is 0 Å². The molecule has 1 aromatic rings. The average molecular weight is 262 g/mol. The van der Waals surface area contributed by atoms with Crippen LogP contribution in [0.15, 0.2) is 24.3 Å². The molecule has 1 fully saturated rings. The molecule has 0 saturated carbocycles. The molecular formula is C16H26N2O. The monoisotopic (exact) mass is 262 g/mol. The Bertz CT molecular complexity index is 356. The first-order valence-corrected chi connectivity index (χ1v) is 7.42. The third kappa shape index (κ3) is 4.84. The predicted molar refractivity (Wildman–Crippen MR) is 79.6 cm³/mol. The maximum Gasteiger partial charge on any atom is 0.119 e. The van der Waals surface area contributed by atoms with Gasteiger partial charge in [-0.3, -0.25) is 0 Å². The van der Waals surface area contributed by atoms with E-state index >= 15 is 0 Å². The average Bonchev–Trinajstić information content (AvgIpc) is 2.44. The van der Waals surface area contributed by atoms with Crippen LogP contribution in [-0.4, -0.2) is 37.7 Å². The highest BCUT2D eigenvalue weighted by atomic mass is 16.5. The van der Waals surface area contributed by atoms with Gasteiger partial charge in [0.15, 0.2) is 0 Å². The van der Waals surface area contributed by atoms with Crippen molar-refractivity contribution in [1.29, 1.82) is 0 Å². The molecule has 0 amide bonds. The minimum absolute atomic E-state index is 0.388. The molecule has 0 atom stereocenters. The first-order valence-electron chi connectivity index (χ1n) is 7.42. The molecule has 2 N–H and O–H groups in total. The number of unbranched alkanes of at least 4 members (excludes halogenated alkanes) is 1. The number of hydrogen-bond donors (Lipinski definition) is 1. The van der Waals surface area contributed by atoms with E-state index in [1.165, 1.54) is 12.0 Å². The number of piperidine rings is 1. The third-order valence-corrected chi connectivity index (χ3v) is 3.81. The lowest BCUT2D eigenvalue weighted by molar-refractivity contribution is 0.114. The van der Waals surface area contributed by atoms with Crippen molar-refractivity contribution in [2.45, 2.75) is 38.2 Å². The molecule has 19 heavy (non-hydrogen) atoms. The smallest absolute Gasteiger partial charge is 0.119 e. The molecule has 106 valence electrons. The largest absolute Gasteiger partial charge is 0.490 e. The van der Waals surface area contributed by atoms with Crippen LogP contribution in [0.1, 0.15) is 31.2 Å². The Morgan fingerprint density at radius 2 is 1.84 bits per heavy atom. The van der Waals surface area contributed by atoms with E-state index in [4.69, 9.17) is 10.5 Å². The molecule has 0 aliphatic carbocycles. The Morgan fingerprint density at radius 3 is 2.47 bits per heavy atom. The van der Waals surface area contributed by atoms with Crippen LogP contribution >= 0.6 is 0 Å². The van der Waals surface area contributed by atoms with Crippen molar-refractivity contribution < 1.29 is 4.74 Å². The normalized spacial score (nSPS) is 17.6. The molecule has 1 heterocycles. The van der Waals surface area contributed by atoms with Crippen molar-refractivity contribution in [3.05, 3.63) is 29.8 Å². The third-order valence-electron chi connectivity index (χ3n) is 3.81.